The van der Waals surface area contributed by atoms with Crippen LogP contribution in [0.3, 0.4) is 0 Å². The molecule has 0 fully saturated rings. The Hall–Kier alpha value is -3.68. The fourth-order valence-corrected chi connectivity index (χ4v) is 3.04. The van der Waals surface area contributed by atoms with Gasteiger partial charge >= 0.3 is 6.36 Å². The zero-order valence-corrected chi connectivity index (χ0v) is 15.7. The number of aliphatic imine (C=N–C) groups is 1. The number of nitrogens with zero attached hydrogens (tertiary/aromatic N) is 1. The Morgan fingerprint density at radius 1 is 0.900 bits per heavy atom. The molecule has 3 N–H and O–H groups in total. The van der Waals surface area contributed by atoms with Crippen molar-refractivity contribution in [2.45, 2.75) is 19.3 Å². The van der Waals surface area contributed by atoms with Crippen molar-refractivity contribution in [3.8, 4) is 17.2 Å². The van der Waals surface area contributed by atoms with Crippen molar-refractivity contribution >= 4 is 17.2 Å². The van der Waals surface area contributed by atoms with Crippen molar-refractivity contribution in [1.29, 1.82) is 0 Å². The second-order valence-electron chi connectivity index (χ2n) is 6.75. The van der Waals surface area contributed by atoms with Gasteiger partial charge in [-0.1, -0.05) is 18.2 Å². The average Bonchev–Trinajstić information content (AvgIpc) is 3.10. The zero-order chi connectivity index (χ0) is 21.1. The monoisotopic (exact) mass is 413 g/mol. The maximum Gasteiger partial charge on any atom is 0.573 e. The van der Waals surface area contributed by atoms with Gasteiger partial charge in [-0.2, -0.15) is 0 Å². The molecule has 0 aliphatic carbocycles. The second kappa shape index (κ2) is 7.98. The fourth-order valence-electron chi connectivity index (χ4n) is 3.04. The summed E-state index contributed by atoms with van der Waals surface area (Å²) >= 11 is 0. The van der Waals surface area contributed by atoms with Crippen LogP contribution in [0.2, 0.25) is 0 Å². The highest BCUT2D eigenvalue weighted by Crippen LogP contribution is 2.28. The Bertz CT molecular complexity index is 1060. The van der Waals surface area contributed by atoms with Gasteiger partial charge in [0.2, 0.25) is 0 Å². The smallest absolute Gasteiger partial charge is 0.457 e. The summed E-state index contributed by atoms with van der Waals surface area (Å²) in [5.74, 6) is 1.56. The molecule has 0 saturated heterocycles. The lowest BCUT2D eigenvalue weighted by Crippen LogP contribution is -2.16. The van der Waals surface area contributed by atoms with Crippen LogP contribution in [0.1, 0.15) is 11.1 Å². The number of nitrogens with two attached hydrogens (primary N) is 1. The molecular weight excluding hydrogens is 395 g/mol. The van der Waals surface area contributed by atoms with Gasteiger partial charge in [-0.15, -0.1) is 13.2 Å². The van der Waals surface area contributed by atoms with E-state index in [-0.39, 0.29) is 5.75 Å². The minimum Gasteiger partial charge on any atom is -0.457 e. The lowest BCUT2D eigenvalue weighted by Gasteiger charge is -2.10. The maximum atomic E-state index is 12.2. The summed E-state index contributed by atoms with van der Waals surface area (Å²) < 4.78 is 46.1. The van der Waals surface area contributed by atoms with E-state index in [1.807, 2.05) is 30.3 Å². The molecule has 0 bridgehead atoms. The summed E-state index contributed by atoms with van der Waals surface area (Å²) in [6.45, 7) is 0.509. The normalized spacial score (nSPS) is 14.3. The second-order valence-corrected chi connectivity index (χ2v) is 6.75. The topological polar surface area (TPSA) is 68.9 Å². The largest absolute Gasteiger partial charge is 0.573 e. The molecule has 3 aromatic carbocycles. The van der Waals surface area contributed by atoms with Crippen molar-refractivity contribution < 1.29 is 22.6 Å². The molecule has 30 heavy (non-hydrogen) atoms. The van der Waals surface area contributed by atoms with E-state index in [0.717, 1.165) is 23.5 Å². The SMILES string of the molecule is Nc1ccc2c(c1)NC(=NCc1ccc(Oc3ccc(OC(F)(F)F)cc3)cc1)C2. The Balaban J connectivity index is 1.33. The van der Waals surface area contributed by atoms with Gasteiger partial charge in [0.25, 0.3) is 0 Å². The maximum absolute atomic E-state index is 12.2. The van der Waals surface area contributed by atoms with Gasteiger partial charge in [-0.05, 0) is 59.7 Å². The van der Waals surface area contributed by atoms with Crippen molar-refractivity contribution in [2.75, 3.05) is 11.1 Å². The lowest BCUT2D eigenvalue weighted by atomic mass is 10.1. The molecule has 1 heterocycles. The van der Waals surface area contributed by atoms with Gasteiger partial charge in [0.15, 0.2) is 0 Å². The third-order valence-electron chi connectivity index (χ3n) is 4.44. The molecular formula is C22H18F3N3O2. The van der Waals surface area contributed by atoms with Gasteiger partial charge in [0.05, 0.1) is 6.54 Å². The summed E-state index contributed by atoms with van der Waals surface area (Å²) in [4.78, 5) is 4.61. The van der Waals surface area contributed by atoms with Crippen LogP contribution >= 0.6 is 0 Å². The first kappa shape index (κ1) is 19.6. The lowest BCUT2D eigenvalue weighted by molar-refractivity contribution is -0.274. The van der Waals surface area contributed by atoms with Crippen LogP contribution < -0.4 is 20.5 Å². The predicted molar refractivity (Wildman–Crippen MR) is 109 cm³/mol. The number of rotatable bonds is 5. The summed E-state index contributed by atoms with van der Waals surface area (Å²) in [6.07, 6.45) is -3.98. The quantitative estimate of drug-likeness (QED) is 0.540. The molecule has 0 amide bonds. The predicted octanol–water partition coefficient (Wildman–Crippen LogP) is 5.53. The number of halogens is 3. The minimum absolute atomic E-state index is 0.297. The number of amidine groups is 1. The van der Waals surface area contributed by atoms with E-state index >= 15 is 0 Å². The number of hydrogen-bond acceptors (Lipinski definition) is 4. The molecule has 1 aliphatic rings. The van der Waals surface area contributed by atoms with E-state index in [4.69, 9.17) is 10.5 Å². The number of alkyl halides is 3. The van der Waals surface area contributed by atoms with Crippen molar-refractivity contribution in [2.24, 2.45) is 4.99 Å². The highest BCUT2D eigenvalue weighted by Gasteiger charge is 2.31. The van der Waals surface area contributed by atoms with E-state index < -0.39 is 6.36 Å². The van der Waals surface area contributed by atoms with E-state index in [2.05, 4.69) is 15.0 Å². The van der Waals surface area contributed by atoms with Crippen LogP contribution in [0.25, 0.3) is 0 Å². The van der Waals surface area contributed by atoms with Crippen LogP contribution in [-0.2, 0) is 13.0 Å². The molecule has 3 aromatic rings. The Morgan fingerprint density at radius 3 is 2.20 bits per heavy atom. The molecule has 0 unspecified atom stereocenters. The van der Waals surface area contributed by atoms with Crippen LogP contribution in [0, 0.1) is 0 Å². The third kappa shape index (κ3) is 5.02. The van der Waals surface area contributed by atoms with E-state index in [1.165, 1.54) is 29.8 Å². The number of fused-ring (bicyclic) bond motifs is 1. The van der Waals surface area contributed by atoms with Crippen molar-refractivity contribution in [3.63, 3.8) is 0 Å². The van der Waals surface area contributed by atoms with Gasteiger partial charge in [0.1, 0.15) is 23.1 Å². The molecule has 154 valence electrons. The highest BCUT2D eigenvalue weighted by atomic mass is 19.4. The van der Waals surface area contributed by atoms with E-state index in [0.29, 0.717) is 23.7 Å². The Morgan fingerprint density at radius 2 is 1.53 bits per heavy atom. The molecule has 5 nitrogen and oxygen atoms in total. The average molecular weight is 413 g/mol. The van der Waals surface area contributed by atoms with Crippen LogP contribution in [-0.4, -0.2) is 12.2 Å². The summed E-state index contributed by atoms with van der Waals surface area (Å²) in [6, 6.07) is 18.3. The van der Waals surface area contributed by atoms with Crippen LogP contribution in [0.5, 0.6) is 17.2 Å². The minimum atomic E-state index is -4.72. The first-order chi connectivity index (χ1) is 14.3. The molecule has 1 aliphatic heterocycles. The van der Waals surface area contributed by atoms with E-state index in [9.17, 15) is 13.2 Å². The summed E-state index contributed by atoms with van der Waals surface area (Å²) in [5.41, 5.74) is 9.66. The van der Waals surface area contributed by atoms with Gasteiger partial charge in [-0.25, -0.2) is 0 Å². The highest BCUT2D eigenvalue weighted by molar-refractivity contribution is 6.03. The zero-order valence-electron chi connectivity index (χ0n) is 15.7. The van der Waals surface area contributed by atoms with Gasteiger partial charge in [0, 0.05) is 17.8 Å². The van der Waals surface area contributed by atoms with E-state index in [1.54, 1.807) is 12.1 Å². The Labute approximate surface area is 171 Å². The van der Waals surface area contributed by atoms with Crippen molar-refractivity contribution in [3.05, 3.63) is 77.9 Å². The third-order valence-corrected chi connectivity index (χ3v) is 4.44. The number of nitrogens with one attached hydrogen (secondary N) is 1. The number of anilines is 2. The first-order valence-corrected chi connectivity index (χ1v) is 9.15. The number of hydrogen-bond donors (Lipinski definition) is 2. The fraction of sp³-hybridized carbons (Fsp3) is 0.136. The summed E-state index contributed by atoms with van der Waals surface area (Å²) in [5, 5.41) is 3.27. The molecule has 0 aromatic heterocycles. The van der Waals surface area contributed by atoms with Gasteiger partial charge in [-0.3, -0.25) is 4.99 Å². The molecule has 8 heteroatoms. The number of nitrogen functional groups attached to an aromatic ring is 1. The first-order valence-electron chi connectivity index (χ1n) is 9.15. The molecule has 0 radical (unpaired) electrons. The summed E-state index contributed by atoms with van der Waals surface area (Å²) in [7, 11) is 0. The number of benzene rings is 3. The Kier molecular flexibility index (Phi) is 5.22. The molecule has 4 rings (SSSR count). The standard InChI is InChI=1S/C22H18F3N3O2/c23-22(24,25)30-19-9-7-18(8-10-19)29-17-5-1-14(2-6-17)13-27-21-11-15-3-4-16(26)12-20(15)28-21/h1-10,12H,11,13,26H2,(H,27,28). The molecule has 0 atom stereocenters. The van der Waals surface area contributed by atoms with Crippen LogP contribution in [0.15, 0.2) is 71.7 Å². The van der Waals surface area contributed by atoms with Crippen molar-refractivity contribution in [1.82, 2.24) is 0 Å². The van der Waals surface area contributed by atoms with Gasteiger partial charge < -0.3 is 20.5 Å². The molecule has 0 saturated carbocycles. The number of ether oxygens (including phenoxy) is 2. The molecule has 0 spiro atoms. The van der Waals surface area contributed by atoms with Crippen LogP contribution in [0.4, 0.5) is 24.5 Å².